The number of hydrogen-bond donors (Lipinski definition) is 3. The van der Waals surface area contributed by atoms with Gasteiger partial charge in [0.25, 0.3) is 11.8 Å². The zero-order valence-corrected chi connectivity index (χ0v) is 16.5. The number of carbonyl (C=O) groups excluding carboxylic acids is 4. The van der Waals surface area contributed by atoms with Crippen molar-refractivity contribution in [3.05, 3.63) is 34.9 Å². The first-order valence-electron chi connectivity index (χ1n) is 10.2. The molecule has 1 aromatic carbocycles. The molecule has 3 atom stereocenters. The van der Waals surface area contributed by atoms with Crippen molar-refractivity contribution >= 4 is 23.6 Å². The Hall–Kier alpha value is -2.58. The largest absolute Gasteiger partial charge is 0.316 e. The Morgan fingerprint density at radius 1 is 1.14 bits per heavy atom. The van der Waals surface area contributed by atoms with Crippen LogP contribution >= 0.6 is 0 Å². The molecule has 0 saturated carbocycles. The van der Waals surface area contributed by atoms with Crippen LogP contribution < -0.4 is 16.0 Å². The van der Waals surface area contributed by atoms with Crippen LogP contribution in [0, 0.1) is 11.8 Å². The second-order valence-electron chi connectivity index (χ2n) is 8.15. The number of piperidine rings is 1. The molecular weight excluding hydrogens is 372 g/mol. The van der Waals surface area contributed by atoms with Gasteiger partial charge < -0.3 is 10.6 Å². The average Bonchev–Trinajstić information content (AvgIpc) is 3.21. The first-order valence-corrected chi connectivity index (χ1v) is 10.2. The number of benzene rings is 1. The number of fused-ring (bicyclic) bond motifs is 1. The van der Waals surface area contributed by atoms with Gasteiger partial charge in [0.1, 0.15) is 6.04 Å². The van der Waals surface area contributed by atoms with Gasteiger partial charge in [-0.2, -0.15) is 0 Å². The van der Waals surface area contributed by atoms with Crippen molar-refractivity contribution in [2.24, 2.45) is 11.8 Å². The zero-order valence-electron chi connectivity index (χ0n) is 16.5. The molecule has 8 heteroatoms. The Labute approximate surface area is 169 Å². The molecule has 3 N–H and O–H groups in total. The third-order valence-corrected chi connectivity index (χ3v) is 6.24. The highest BCUT2D eigenvalue weighted by molar-refractivity contribution is 6.24. The molecule has 4 rings (SSSR count). The lowest BCUT2D eigenvalue weighted by molar-refractivity contribution is -0.136. The maximum Gasteiger partial charge on any atom is 0.262 e. The van der Waals surface area contributed by atoms with Gasteiger partial charge in [-0.05, 0) is 55.9 Å². The van der Waals surface area contributed by atoms with Crippen molar-refractivity contribution in [2.75, 3.05) is 19.6 Å². The Kier molecular flexibility index (Phi) is 5.47. The second-order valence-corrected chi connectivity index (χ2v) is 8.15. The van der Waals surface area contributed by atoms with Gasteiger partial charge in [-0.25, -0.2) is 0 Å². The average molecular weight is 398 g/mol. The summed E-state index contributed by atoms with van der Waals surface area (Å²) in [5, 5.41) is 9.01. The molecule has 3 aliphatic heterocycles. The highest BCUT2D eigenvalue weighted by Crippen LogP contribution is 2.30. The smallest absolute Gasteiger partial charge is 0.262 e. The highest BCUT2D eigenvalue weighted by atomic mass is 16.2. The van der Waals surface area contributed by atoms with Crippen molar-refractivity contribution in [1.29, 1.82) is 0 Å². The summed E-state index contributed by atoms with van der Waals surface area (Å²) in [5.74, 6) is -0.568. The summed E-state index contributed by atoms with van der Waals surface area (Å²) in [5.41, 5.74) is 1.45. The molecule has 0 radical (unpaired) electrons. The highest BCUT2D eigenvalue weighted by Gasteiger charge is 2.45. The molecule has 154 valence electrons. The van der Waals surface area contributed by atoms with Crippen molar-refractivity contribution in [3.8, 4) is 0 Å². The summed E-state index contributed by atoms with van der Waals surface area (Å²) < 4.78 is 0. The van der Waals surface area contributed by atoms with Crippen molar-refractivity contribution < 1.29 is 19.2 Å². The van der Waals surface area contributed by atoms with Crippen LogP contribution in [0.1, 0.15) is 52.5 Å². The van der Waals surface area contributed by atoms with E-state index in [1.807, 2.05) is 6.07 Å². The van der Waals surface area contributed by atoms with Gasteiger partial charge in [0.15, 0.2) is 0 Å². The number of nitrogens with one attached hydrogen (secondary N) is 3. The van der Waals surface area contributed by atoms with E-state index < -0.39 is 23.8 Å². The van der Waals surface area contributed by atoms with Crippen LogP contribution in [0.15, 0.2) is 18.2 Å². The fraction of sp³-hybridized carbons (Fsp3) is 0.524. The molecule has 1 unspecified atom stereocenters. The van der Waals surface area contributed by atoms with E-state index in [0.717, 1.165) is 36.5 Å². The molecule has 3 aliphatic rings. The van der Waals surface area contributed by atoms with Crippen molar-refractivity contribution in [1.82, 2.24) is 20.9 Å². The number of carbonyl (C=O) groups is 4. The minimum atomic E-state index is -0.933. The quantitative estimate of drug-likeness (QED) is 0.474. The Balaban J connectivity index is 1.45. The Morgan fingerprint density at radius 3 is 2.69 bits per heavy atom. The molecule has 1 aromatic rings. The van der Waals surface area contributed by atoms with E-state index >= 15 is 0 Å². The molecule has 2 fully saturated rings. The third-order valence-electron chi connectivity index (χ3n) is 6.24. The van der Waals surface area contributed by atoms with Crippen LogP contribution in [0.4, 0.5) is 0 Å². The first kappa shape index (κ1) is 19.7. The van der Waals surface area contributed by atoms with E-state index in [1.54, 1.807) is 12.1 Å². The number of amides is 4. The topological polar surface area (TPSA) is 108 Å². The molecule has 0 aromatic heterocycles. The standard InChI is InChI=1S/C21H26N4O4/c1-12-9-23-10-13(12)7-8-22-11-14-3-2-4-15-18(14)21(29)25(20(15)28)16-5-6-17(26)24-19(16)27/h2-4,12-13,16,22-23H,5-11H2,1H3,(H,24,26,27)/t12-,13-,16?/m1/s1. The van der Waals surface area contributed by atoms with Crippen LogP contribution in [0.2, 0.25) is 0 Å². The lowest BCUT2D eigenvalue weighted by Crippen LogP contribution is -2.54. The summed E-state index contributed by atoms with van der Waals surface area (Å²) in [6.07, 6.45) is 1.34. The third kappa shape index (κ3) is 3.70. The summed E-state index contributed by atoms with van der Waals surface area (Å²) >= 11 is 0. The zero-order chi connectivity index (χ0) is 20.5. The van der Waals surface area contributed by atoms with E-state index in [2.05, 4.69) is 22.9 Å². The second kappa shape index (κ2) is 8.04. The van der Waals surface area contributed by atoms with Crippen LogP contribution in [-0.2, 0) is 16.1 Å². The molecule has 0 aliphatic carbocycles. The normalized spacial score (nSPS) is 26.8. The summed E-state index contributed by atoms with van der Waals surface area (Å²) in [7, 11) is 0. The van der Waals surface area contributed by atoms with Crippen LogP contribution in [-0.4, -0.2) is 54.2 Å². The van der Waals surface area contributed by atoms with Gasteiger partial charge in [-0.3, -0.25) is 29.4 Å². The minimum Gasteiger partial charge on any atom is -0.316 e. The molecular formula is C21H26N4O4. The fourth-order valence-corrected chi connectivity index (χ4v) is 4.49. The first-order chi connectivity index (χ1) is 14.0. The van der Waals surface area contributed by atoms with E-state index in [9.17, 15) is 19.2 Å². The predicted molar refractivity (Wildman–Crippen MR) is 105 cm³/mol. The number of hydrogen-bond acceptors (Lipinski definition) is 6. The van der Waals surface area contributed by atoms with Crippen LogP contribution in [0.5, 0.6) is 0 Å². The summed E-state index contributed by atoms with van der Waals surface area (Å²) in [6, 6.07) is 4.29. The molecule has 8 nitrogen and oxygen atoms in total. The lowest BCUT2D eigenvalue weighted by Gasteiger charge is -2.27. The van der Waals surface area contributed by atoms with Crippen molar-refractivity contribution in [2.45, 2.75) is 38.8 Å². The maximum absolute atomic E-state index is 13.0. The van der Waals surface area contributed by atoms with E-state index in [1.165, 1.54) is 0 Å². The van der Waals surface area contributed by atoms with Gasteiger partial charge >= 0.3 is 0 Å². The fourth-order valence-electron chi connectivity index (χ4n) is 4.49. The molecule has 29 heavy (non-hydrogen) atoms. The van der Waals surface area contributed by atoms with Crippen molar-refractivity contribution in [3.63, 3.8) is 0 Å². The van der Waals surface area contributed by atoms with E-state index in [-0.39, 0.29) is 18.7 Å². The van der Waals surface area contributed by atoms with Gasteiger partial charge in [-0.1, -0.05) is 19.1 Å². The van der Waals surface area contributed by atoms with E-state index in [4.69, 9.17) is 0 Å². The molecule has 0 bridgehead atoms. The van der Waals surface area contributed by atoms with Crippen LogP contribution in [0.3, 0.4) is 0 Å². The molecule has 2 saturated heterocycles. The predicted octanol–water partition coefficient (Wildman–Crippen LogP) is 0.423. The van der Waals surface area contributed by atoms with Gasteiger partial charge in [0.2, 0.25) is 11.8 Å². The maximum atomic E-state index is 13.0. The number of nitrogens with zero attached hydrogens (tertiary/aromatic N) is 1. The van der Waals surface area contributed by atoms with E-state index in [0.29, 0.717) is 29.5 Å². The number of rotatable bonds is 6. The van der Waals surface area contributed by atoms with Gasteiger partial charge in [0, 0.05) is 13.0 Å². The van der Waals surface area contributed by atoms with Gasteiger partial charge in [0.05, 0.1) is 11.1 Å². The lowest BCUT2D eigenvalue weighted by atomic mass is 9.95. The summed E-state index contributed by atoms with van der Waals surface area (Å²) in [4.78, 5) is 50.5. The summed E-state index contributed by atoms with van der Waals surface area (Å²) in [6.45, 7) is 5.67. The Bertz CT molecular complexity index is 868. The molecule has 4 amide bonds. The number of imide groups is 2. The minimum absolute atomic E-state index is 0.118. The van der Waals surface area contributed by atoms with Gasteiger partial charge in [-0.15, -0.1) is 0 Å². The Morgan fingerprint density at radius 2 is 1.97 bits per heavy atom. The SMILES string of the molecule is C[C@@H]1CNC[C@H]1CCNCc1cccc2c1C(=O)N(C1CCC(=O)NC1=O)C2=O. The molecule has 3 heterocycles. The monoisotopic (exact) mass is 398 g/mol. The van der Waals surface area contributed by atoms with Crippen LogP contribution in [0.25, 0.3) is 0 Å². The molecule has 0 spiro atoms.